The molecule has 0 amide bonds. The third-order valence-electron chi connectivity index (χ3n) is 2.50. The zero-order valence-electron chi connectivity index (χ0n) is 10.1. The lowest BCUT2D eigenvalue weighted by molar-refractivity contribution is 0.570. The molecule has 2 N–H and O–H groups in total. The molecule has 2 aromatic heterocycles. The average molecular weight is 263 g/mol. The summed E-state index contributed by atoms with van der Waals surface area (Å²) in [6, 6.07) is 0.0519. The van der Waals surface area contributed by atoms with E-state index in [1.54, 1.807) is 23.2 Å². The van der Waals surface area contributed by atoms with Crippen molar-refractivity contribution in [2.75, 3.05) is 0 Å². The number of hydrogen-bond donors (Lipinski definition) is 1. The minimum atomic E-state index is -0.206. The van der Waals surface area contributed by atoms with Gasteiger partial charge in [-0.25, -0.2) is 9.97 Å². The van der Waals surface area contributed by atoms with E-state index in [1.807, 2.05) is 13.8 Å². The van der Waals surface area contributed by atoms with Crippen LogP contribution in [0, 0.1) is 0 Å². The van der Waals surface area contributed by atoms with Gasteiger partial charge in [0, 0.05) is 30.8 Å². The lowest BCUT2D eigenvalue weighted by Crippen LogP contribution is -2.28. The van der Waals surface area contributed by atoms with Crippen LogP contribution in [0.4, 0.5) is 0 Å². The quantitative estimate of drug-likeness (QED) is 0.822. The van der Waals surface area contributed by atoms with Gasteiger partial charge in [-0.1, -0.05) is 12.2 Å². The first-order chi connectivity index (χ1) is 8.52. The molecule has 0 unspecified atom stereocenters. The molecule has 94 valence electrons. The van der Waals surface area contributed by atoms with Crippen molar-refractivity contribution < 1.29 is 0 Å². The topological polar surface area (TPSA) is 78.7 Å². The van der Waals surface area contributed by atoms with Crippen molar-refractivity contribution in [1.82, 2.24) is 19.1 Å². The highest BCUT2D eigenvalue weighted by Crippen LogP contribution is 2.05. The van der Waals surface area contributed by atoms with Crippen LogP contribution in [0.3, 0.4) is 0 Å². The second kappa shape index (κ2) is 4.69. The van der Waals surface area contributed by atoms with Gasteiger partial charge in [0.25, 0.3) is 5.56 Å². The van der Waals surface area contributed by atoms with Gasteiger partial charge in [-0.3, -0.25) is 9.36 Å². The maximum atomic E-state index is 12.3. The standard InChI is InChI=1S/C11H13N5OS/c1-7(2)15-5-3-14-10(11(15)17)16-6-4-13-9(16)8(12)18/h3-7H,1-2H3,(H2,12,18). The third-order valence-corrected chi connectivity index (χ3v) is 2.68. The zero-order chi connectivity index (χ0) is 13.3. The van der Waals surface area contributed by atoms with E-state index in [-0.39, 0.29) is 22.4 Å². The van der Waals surface area contributed by atoms with Crippen LogP contribution in [-0.4, -0.2) is 24.1 Å². The number of hydrogen-bond acceptors (Lipinski definition) is 4. The van der Waals surface area contributed by atoms with E-state index in [0.29, 0.717) is 5.82 Å². The summed E-state index contributed by atoms with van der Waals surface area (Å²) in [7, 11) is 0. The van der Waals surface area contributed by atoms with Crippen LogP contribution < -0.4 is 11.3 Å². The van der Waals surface area contributed by atoms with Crippen LogP contribution in [0.5, 0.6) is 0 Å². The molecule has 0 aromatic carbocycles. The molecule has 0 fully saturated rings. The van der Waals surface area contributed by atoms with Gasteiger partial charge < -0.3 is 10.3 Å². The molecule has 0 saturated heterocycles. The molecule has 0 saturated carbocycles. The van der Waals surface area contributed by atoms with Crippen molar-refractivity contribution in [3.63, 3.8) is 0 Å². The predicted molar refractivity (Wildman–Crippen MR) is 71.9 cm³/mol. The number of imidazole rings is 1. The Balaban J connectivity index is 2.65. The summed E-state index contributed by atoms with van der Waals surface area (Å²) in [5.41, 5.74) is 5.35. The van der Waals surface area contributed by atoms with E-state index in [2.05, 4.69) is 9.97 Å². The highest BCUT2D eigenvalue weighted by Gasteiger charge is 2.13. The van der Waals surface area contributed by atoms with Crippen LogP contribution in [0.15, 0.2) is 29.6 Å². The first-order valence-corrected chi connectivity index (χ1v) is 5.84. The van der Waals surface area contributed by atoms with Crippen molar-refractivity contribution in [2.45, 2.75) is 19.9 Å². The Morgan fingerprint density at radius 2 is 2.00 bits per heavy atom. The smallest absolute Gasteiger partial charge is 0.294 e. The monoisotopic (exact) mass is 263 g/mol. The van der Waals surface area contributed by atoms with Gasteiger partial charge in [-0.2, -0.15) is 0 Å². The molecule has 7 heteroatoms. The summed E-state index contributed by atoms with van der Waals surface area (Å²) >= 11 is 4.89. The molecule has 0 spiro atoms. The number of thiocarbonyl (C=S) groups is 1. The number of nitrogens with two attached hydrogens (primary N) is 1. The maximum absolute atomic E-state index is 12.3. The second-order valence-corrected chi connectivity index (χ2v) is 4.48. The van der Waals surface area contributed by atoms with Gasteiger partial charge in [0.15, 0.2) is 5.82 Å². The number of aromatic nitrogens is 4. The minimum absolute atomic E-state index is 0.0519. The lowest BCUT2D eigenvalue weighted by Gasteiger charge is -2.11. The summed E-state index contributed by atoms with van der Waals surface area (Å²) in [5, 5.41) is 0. The summed E-state index contributed by atoms with van der Waals surface area (Å²) in [6.45, 7) is 3.85. The second-order valence-electron chi connectivity index (χ2n) is 4.04. The molecule has 0 atom stereocenters. The molecule has 0 aliphatic carbocycles. The fourth-order valence-electron chi connectivity index (χ4n) is 1.64. The minimum Gasteiger partial charge on any atom is -0.387 e. The molecular weight excluding hydrogens is 250 g/mol. The molecule has 0 bridgehead atoms. The Morgan fingerprint density at radius 1 is 1.33 bits per heavy atom. The lowest BCUT2D eigenvalue weighted by atomic mass is 10.4. The summed E-state index contributed by atoms with van der Waals surface area (Å²) in [5.74, 6) is 0.600. The summed E-state index contributed by atoms with van der Waals surface area (Å²) < 4.78 is 3.09. The Labute approximate surface area is 109 Å². The van der Waals surface area contributed by atoms with Gasteiger partial charge >= 0.3 is 0 Å². The Hall–Kier alpha value is -2.02. The highest BCUT2D eigenvalue weighted by atomic mass is 32.1. The van der Waals surface area contributed by atoms with Crippen LogP contribution in [0.1, 0.15) is 25.7 Å². The van der Waals surface area contributed by atoms with Gasteiger partial charge in [0.1, 0.15) is 4.99 Å². The predicted octanol–water partition coefficient (Wildman–Crippen LogP) is 0.644. The van der Waals surface area contributed by atoms with Crippen molar-refractivity contribution in [3.05, 3.63) is 41.0 Å². The first-order valence-electron chi connectivity index (χ1n) is 5.43. The third kappa shape index (κ3) is 2.04. The van der Waals surface area contributed by atoms with E-state index in [0.717, 1.165) is 0 Å². The molecule has 2 rings (SSSR count). The van der Waals surface area contributed by atoms with Crippen LogP contribution in [-0.2, 0) is 0 Å². The van der Waals surface area contributed by atoms with E-state index in [9.17, 15) is 4.79 Å². The zero-order valence-corrected chi connectivity index (χ0v) is 10.9. The average Bonchev–Trinajstić information content (AvgIpc) is 2.77. The van der Waals surface area contributed by atoms with E-state index < -0.39 is 0 Å². The molecule has 18 heavy (non-hydrogen) atoms. The first kappa shape index (κ1) is 12.4. The van der Waals surface area contributed by atoms with Gasteiger partial charge in [-0.15, -0.1) is 0 Å². The molecule has 0 radical (unpaired) electrons. The maximum Gasteiger partial charge on any atom is 0.294 e. The summed E-state index contributed by atoms with van der Waals surface area (Å²) in [4.78, 5) is 20.5. The van der Waals surface area contributed by atoms with Crippen molar-refractivity contribution in [2.24, 2.45) is 5.73 Å². The van der Waals surface area contributed by atoms with E-state index in [1.165, 1.54) is 10.8 Å². The molecule has 2 aromatic rings. The number of nitrogens with zero attached hydrogens (tertiary/aromatic N) is 4. The number of rotatable bonds is 3. The van der Waals surface area contributed by atoms with E-state index >= 15 is 0 Å². The molecule has 0 aliphatic heterocycles. The van der Waals surface area contributed by atoms with Gasteiger partial charge in [0.05, 0.1) is 0 Å². The SMILES string of the molecule is CC(C)n1ccnc(-n2ccnc2C(N)=S)c1=O. The van der Waals surface area contributed by atoms with Crippen molar-refractivity contribution >= 4 is 17.2 Å². The Bertz CT molecular complexity index is 643. The molecule has 2 heterocycles. The highest BCUT2D eigenvalue weighted by molar-refractivity contribution is 7.80. The van der Waals surface area contributed by atoms with Crippen molar-refractivity contribution in [1.29, 1.82) is 0 Å². The fraction of sp³-hybridized carbons (Fsp3) is 0.273. The largest absolute Gasteiger partial charge is 0.387 e. The van der Waals surface area contributed by atoms with Crippen LogP contribution in [0.2, 0.25) is 0 Å². The molecular formula is C11H13N5OS. The molecule has 0 aliphatic rings. The van der Waals surface area contributed by atoms with Gasteiger partial charge in [-0.05, 0) is 13.8 Å². The van der Waals surface area contributed by atoms with Crippen molar-refractivity contribution in [3.8, 4) is 5.82 Å². The summed E-state index contributed by atoms with van der Waals surface area (Å²) in [6.07, 6.45) is 6.36. The Morgan fingerprint density at radius 3 is 2.61 bits per heavy atom. The Kier molecular flexibility index (Phi) is 3.24. The normalized spacial score (nSPS) is 10.8. The van der Waals surface area contributed by atoms with Crippen LogP contribution >= 0.6 is 12.2 Å². The fourth-order valence-corrected chi connectivity index (χ4v) is 1.79. The van der Waals surface area contributed by atoms with Crippen LogP contribution in [0.25, 0.3) is 5.82 Å². The molecule has 6 nitrogen and oxygen atoms in total. The van der Waals surface area contributed by atoms with Gasteiger partial charge in [0.2, 0.25) is 5.82 Å². The van der Waals surface area contributed by atoms with E-state index in [4.69, 9.17) is 18.0 Å².